The van der Waals surface area contributed by atoms with Gasteiger partial charge in [0.15, 0.2) is 0 Å². The van der Waals surface area contributed by atoms with Gasteiger partial charge in [-0.1, -0.05) is 166 Å². The fourth-order valence-electron chi connectivity index (χ4n) is 7.60. The second-order valence-corrected chi connectivity index (χ2v) is 12.7. The molecule has 45 heavy (non-hydrogen) atoms. The van der Waals surface area contributed by atoms with Crippen molar-refractivity contribution >= 4 is 32.3 Å². The molecule has 7 aromatic rings. The minimum absolute atomic E-state index is 0.228. The molecule has 1 aliphatic carbocycles. The van der Waals surface area contributed by atoms with Crippen molar-refractivity contribution in [3.05, 3.63) is 181 Å². The Balaban J connectivity index is 1.65. The van der Waals surface area contributed by atoms with Crippen LogP contribution in [0.5, 0.6) is 0 Å². The Bertz CT molecular complexity index is 2250. The van der Waals surface area contributed by atoms with Crippen molar-refractivity contribution < 1.29 is 0 Å². The Morgan fingerprint density at radius 1 is 0.556 bits per heavy atom. The van der Waals surface area contributed by atoms with E-state index >= 15 is 0 Å². The topological polar surface area (TPSA) is 0 Å². The summed E-state index contributed by atoms with van der Waals surface area (Å²) >= 11 is 0. The Kier molecular flexibility index (Phi) is 6.72. The van der Waals surface area contributed by atoms with E-state index < -0.39 is 0 Å². The predicted molar refractivity (Wildman–Crippen MR) is 194 cm³/mol. The number of allylic oxidation sites excluding steroid dienone is 4. The van der Waals surface area contributed by atoms with E-state index in [0.717, 1.165) is 6.42 Å². The molecule has 7 aromatic carbocycles. The fraction of sp³-hybridized carbons (Fsp3) is 0.111. The summed E-state index contributed by atoms with van der Waals surface area (Å²) in [6.45, 7) is 4.84. The Labute approximate surface area is 266 Å². The lowest BCUT2D eigenvalue weighted by molar-refractivity contribution is 0.456. The van der Waals surface area contributed by atoms with Gasteiger partial charge in [0, 0.05) is 5.41 Å². The summed E-state index contributed by atoms with van der Waals surface area (Å²) in [4.78, 5) is 0. The van der Waals surface area contributed by atoms with E-state index in [2.05, 4.69) is 178 Å². The first-order chi connectivity index (χ1) is 22.1. The first-order valence-corrected chi connectivity index (χ1v) is 16.1. The summed E-state index contributed by atoms with van der Waals surface area (Å²) in [5, 5.41) is 7.72. The minimum atomic E-state index is -0.228. The predicted octanol–water partition coefficient (Wildman–Crippen LogP) is 12.1. The van der Waals surface area contributed by atoms with E-state index in [-0.39, 0.29) is 5.41 Å². The Morgan fingerprint density at radius 3 is 1.87 bits per heavy atom. The van der Waals surface area contributed by atoms with Crippen molar-refractivity contribution in [3.8, 4) is 22.3 Å². The van der Waals surface area contributed by atoms with Crippen LogP contribution in [0.25, 0.3) is 54.6 Å². The zero-order chi connectivity index (χ0) is 30.4. The monoisotopic (exact) mass is 576 g/mol. The molecule has 0 aliphatic heterocycles. The van der Waals surface area contributed by atoms with Crippen LogP contribution in [0.4, 0.5) is 0 Å². The van der Waals surface area contributed by atoms with Crippen molar-refractivity contribution in [2.45, 2.75) is 25.7 Å². The fourth-order valence-corrected chi connectivity index (χ4v) is 7.60. The van der Waals surface area contributed by atoms with Gasteiger partial charge in [0.05, 0.1) is 0 Å². The lowest BCUT2D eigenvalue weighted by Gasteiger charge is -2.39. The molecule has 0 fully saturated rings. The molecule has 1 aliphatic rings. The molecule has 0 aromatic heterocycles. The first-order valence-electron chi connectivity index (χ1n) is 16.1. The summed E-state index contributed by atoms with van der Waals surface area (Å²) in [5.41, 5.74) is 9.20. The summed E-state index contributed by atoms with van der Waals surface area (Å²) in [6, 6.07) is 51.5. The van der Waals surface area contributed by atoms with Crippen LogP contribution in [0.2, 0.25) is 0 Å². The maximum absolute atomic E-state index is 2.46. The highest BCUT2D eigenvalue weighted by atomic mass is 14.4. The third-order valence-corrected chi connectivity index (χ3v) is 10.1. The van der Waals surface area contributed by atoms with Crippen molar-refractivity contribution in [3.63, 3.8) is 0 Å². The van der Waals surface area contributed by atoms with Crippen LogP contribution in [0, 0.1) is 5.92 Å². The van der Waals surface area contributed by atoms with E-state index in [4.69, 9.17) is 0 Å². The SMILES string of the molecule is CC1C=CC=CC1(C)c1c(Cc2ccccc2)c(-c2ccccc2)c2cc3ccccc3cc2c1-c1cccc2ccccc12. The van der Waals surface area contributed by atoms with E-state index in [1.54, 1.807) is 0 Å². The van der Waals surface area contributed by atoms with E-state index in [0.29, 0.717) is 5.92 Å². The molecule has 0 spiro atoms. The molecule has 2 atom stereocenters. The normalized spacial score (nSPS) is 17.8. The number of fused-ring (bicyclic) bond motifs is 3. The molecule has 0 nitrogen and oxygen atoms in total. The molecule has 0 heteroatoms. The minimum Gasteiger partial charge on any atom is -0.0805 e. The van der Waals surface area contributed by atoms with Crippen molar-refractivity contribution in [2.24, 2.45) is 5.92 Å². The van der Waals surface area contributed by atoms with Gasteiger partial charge < -0.3 is 0 Å². The average molecular weight is 577 g/mol. The molecular weight excluding hydrogens is 540 g/mol. The van der Waals surface area contributed by atoms with Crippen molar-refractivity contribution in [1.29, 1.82) is 0 Å². The third kappa shape index (κ3) is 4.61. The molecule has 0 radical (unpaired) electrons. The Morgan fingerprint density at radius 2 is 1.16 bits per heavy atom. The maximum atomic E-state index is 2.46. The van der Waals surface area contributed by atoms with Gasteiger partial charge in [-0.2, -0.15) is 0 Å². The van der Waals surface area contributed by atoms with Gasteiger partial charge in [-0.15, -0.1) is 0 Å². The molecule has 0 saturated carbocycles. The van der Waals surface area contributed by atoms with Crippen molar-refractivity contribution in [2.75, 3.05) is 0 Å². The third-order valence-electron chi connectivity index (χ3n) is 10.1. The van der Waals surface area contributed by atoms with Crippen LogP contribution in [-0.2, 0) is 11.8 Å². The van der Waals surface area contributed by atoms with Gasteiger partial charge in [-0.25, -0.2) is 0 Å². The summed E-state index contributed by atoms with van der Waals surface area (Å²) < 4.78 is 0. The highest BCUT2D eigenvalue weighted by Crippen LogP contribution is 2.52. The standard InChI is InChI=1S/C45H36/c1-31-16-13-14-27-45(31,2)44-41(28-32-17-5-3-6-18-32)42(34-20-7-4-8-21-34)39-29-35-22-9-10-23-36(35)30-40(39)43(44)38-26-15-24-33-19-11-12-25-37(33)38/h3-27,29-31H,28H2,1-2H3. The molecule has 2 unspecified atom stereocenters. The second kappa shape index (κ2) is 11.1. The summed E-state index contributed by atoms with van der Waals surface area (Å²) in [7, 11) is 0. The van der Waals surface area contributed by atoms with Gasteiger partial charge in [0.2, 0.25) is 0 Å². The van der Waals surface area contributed by atoms with Crippen LogP contribution >= 0.6 is 0 Å². The van der Waals surface area contributed by atoms with Crippen LogP contribution in [-0.4, -0.2) is 0 Å². The zero-order valence-corrected chi connectivity index (χ0v) is 25.9. The molecule has 0 amide bonds. The highest BCUT2D eigenvalue weighted by molar-refractivity contribution is 6.16. The maximum Gasteiger partial charge on any atom is 0.0176 e. The lowest BCUT2D eigenvalue weighted by Crippen LogP contribution is -2.31. The molecule has 0 saturated heterocycles. The molecule has 0 bridgehead atoms. The summed E-state index contributed by atoms with van der Waals surface area (Å²) in [5.74, 6) is 0.312. The van der Waals surface area contributed by atoms with Crippen LogP contribution in [0.3, 0.4) is 0 Å². The second-order valence-electron chi connectivity index (χ2n) is 12.7. The quantitative estimate of drug-likeness (QED) is 0.179. The Hall–Kier alpha value is -5.20. The van der Waals surface area contributed by atoms with Gasteiger partial charge in [0.25, 0.3) is 0 Å². The molecule has 8 rings (SSSR count). The van der Waals surface area contributed by atoms with Crippen LogP contribution < -0.4 is 0 Å². The van der Waals surface area contributed by atoms with Crippen LogP contribution in [0.15, 0.2) is 164 Å². The highest BCUT2D eigenvalue weighted by Gasteiger charge is 2.37. The number of benzene rings is 7. The average Bonchev–Trinajstić information content (AvgIpc) is 3.09. The molecule has 216 valence electrons. The number of hydrogen-bond acceptors (Lipinski definition) is 0. The largest absolute Gasteiger partial charge is 0.0805 e. The van der Waals surface area contributed by atoms with E-state index in [9.17, 15) is 0 Å². The molecule has 0 heterocycles. The summed E-state index contributed by atoms with van der Waals surface area (Å²) in [6.07, 6.45) is 10.2. The smallest absolute Gasteiger partial charge is 0.0176 e. The molecular formula is C45H36. The van der Waals surface area contributed by atoms with Gasteiger partial charge in [0.1, 0.15) is 0 Å². The van der Waals surface area contributed by atoms with E-state index in [1.165, 1.54) is 71.3 Å². The zero-order valence-electron chi connectivity index (χ0n) is 25.9. The van der Waals surface area contributed by atoms with Gasteiger partial charge in [-0.05, 0) is 95.7 Å². The number of rotatable bonds is 5. The van der Waals surface area contributed by atoms with Crippen LogP contribution in [0.1, 0.15) is 30.5 Å². The number of hydrogen-bond donors (Lipinski definition) is 0. The van der Waals surface area contributed by atoms with Crippen molar-refractivity contribution in [1.82, 2.24) is 0 Å². The lowest BCUT2D eigenvalue weighted by atomic mass is 9.64. The first kappa shape index (κ1) is 27.4. The molecule has 0 N–H and O–H groups in total. The van der Waals surface area contributed by atoms with E-state index in [1.807, 2.05) is 0 Å². The van der Waals surface area contributed by atoms with Gasteiger partial charge >= 0.3 is 0 Å². The van der Waals surface area contributed by atoms with Gasteiger partial charge in [-0.3, -0.25) is 0 Å².